The Bertz CT molecular complexity index is 1170. The number of carbonyl (C=O) groups excluding carboxylic acids is 3. The average Bonchev–Trinajstić information content (AvgIpc) is 3.41. The molecule has 32 heavy (non-hydrogen) atoms. The number of esters is 1. The fourth-order valence-corrected chi connectivity index (χ4v) is 3.67. The molecular weight excluding hydrogens is 413 g/mol. The van der Waals surface area contributed by atoms with Crippen LogP contribution in [0.15, 0.2) is 48.5 Å². The number of benzene rings is 2. The Kier molecular flexibility index (Phi) is 6.11. The Morgan fingerprint density at radius 1 is 1.06 bits per heavy atom. The van der Waals surface area contributed by atoms with Crippen LogP contribution in [0.1, 0.15) is 51.9 Å². The molecule has 0 spiro atoms. The zero-order valence-electron chi connectivity index (χ0n) is 17.6. The highest BCUT2D eigenvalue weighted by Gasteiger charge is 2.28. The minimum Gasteiger partial charge on any atom is -0.453 e. The van der Waals surface area contributed by atoms with Crippen molar-refractivity contribution in [2.45, 2.75) is 32.6 Å². The van der Waals surface area contributed by atoms with Gasteiger partial charge < -0.3 is 10.1 Å². The maximum absolute atomic E-state index is 13.3. The van der Waals surface area contributed by atoms with Crippen LogP contribution in [-0.2, 0) is 22.4 Å². The van der Waals surface area contributed by atoms with Crippen LogP contribution in [0.3, 0.4) is 0 Å². The van der Waals surface area contributed by atoms with Gasteiger partial charge in [0.05, 0.1) is 5.69 Å². The topological polar surface area (TPSA) is 90.3 Å². The number of carbonyl (C=O) groups is 3. The maximum atomic E-state index is 13.3. The third-order valence-corrected chi connectivity index (χ3v) is 5.34. The van der Waals surface area contributed by atoms with Gasteiger partial charge in [0.1, 0.15) is 5.82 Å². The molecule has 7 nitrogen and oxygen atoms in total. The van der Waals surface area contributed by atoms with Crippen LogP contribution >= 0.6 is 0 Å². The molecule has 164 valence electrons. The Hall–Kier alpha value is -3.81. The zero-order valence-corrected chi connectivity index (χ0v) is 17.6. The molecule has 0 atom stereocenters. The predicted octanol–water partition coefficient (Wildman–Crippen LogP) is 3.89. The van der Waals surface area contributed by atoms with Crippen LogP contribution in [-0.4, -0.2) is 34.0 Å². The molecule has 4 rings (SSSR count). The lowest BCUT2D eigenvalue weighted by Crippen LogP contribution is -2.16. The van der Waals surface area contributed by atoms with E-state index in [1.165, 1.54) is 12.1 Å². The number of anilines is 1. The largest absolute Gasteiger partial charge is 0.453 e. The van der Waals surface area contributed by atoms with E-state index in [4.69, 9.17) is 4.74 Å². The summed E-state index contributed by atoms with van der Waals surface area (Å²) >= 11 is 0. The standard InChI is InChI=1S/C24H22FN3O4/c1-2-22(30)26-17-10-6-15(7-11-17)21(29)14-32-24(31)23-19-4-3-5-20(19)28(27-23)18-12-8-16(25)9-13-18/h6-13H,2-5,14H2,1H3,(H,26,30). The van der Waals surface area contributed by atoms with Gasteiger partial charge in [-0.25, -0.2) is 13.9 Å². The maximum Gasteiger partial charge on any atom is 0.359 e. The molecule has 1 heterocycles. The number of ether oxygens (including phenoxy) is 1. The smallest absolute Gasteiger partial charge is 0.359 e. The third-order valence-electron chi connectivity index (χ3n) is 5.34. The molecular formula is C24H22FN3O4. The highest BCUT2D eigenvalue weighted by atomic mass is 19.1. The van der Waals surface area contributed by atoms with E-state index >= 15 is 0 Å². The van der Waals surface area contributed by atoms with Crippen molar-refractivity contribution in [3.05, 3.63) is 76.9 Å². The lowest BCUT2D eigenvalue weighted by atomic mass is 10.1. The molecule has 1 aliphatic carbocycles. The predicted molar refractivity (Wildman–Crippen MR) is 116 cm³/mol. The first-order valence-electron chi connectivity index (χ1n) is 10.4. The fourth-order valence-electron chi connectivity index (χ4n) is 3.67. The molecule has 0 fully saturated rings. The summed E-state index contributed by atoms with van der Waals surface area (Å²) in [5.74, 6) is -1.49. The van der Waals surface area contributed by atoms with Crippen LogP contribution in [0.5, 0.6) is 0 Å². The molecule has 0 bridgehead atoms. The quantitative estimate of drug-likeness (QED) is 0.449. The van der Waals surface area contributed by atoms with Crippen molar-refractivity contribution in [3.8, 4) is 5.69 Å². The fraction of sp³-hybridized carbons (Fsp3) is 0.250. The van der Waals surface area contributed by atoms with Crippen molar-refractivity contribution in [2.24, 2.45) is 0 Å². The van der Waals surface area contributed by atoms with Crippen molar-refractivity contribution in [1.29, 1.82) is 0 Å². The normalized spacial score (nSPS) is 12.3. The van der Waals surface area contributed by atoms with E-state index in [0.717, 1.165) is 24.1 Å². The Balaban J connectivity index is 1.44. The first kappa shape index (κ1) is 21.4. The van der Waals surface area contributed by atoms with Crippen LogP contribution < -0.4 is 5.32 Å². The molecule has 2 aromatic carbocycles. The van der Waals surface area contributed by atoms with E-state index in [2.05, 4.69) is 10.4 Å². The van der Waals surface area contributed by atoms with Gasteiger partial charge in [-0.05, 0) is 67.8 Å². The molecule has 0 aliphatic heterocycles. The van der Waals surface area contributed by atoms with Gasteiger partial charge in [0.25, 0.3) is 0 Å². The second-order valence-corrected chi connectivity index (χ2v) is 7.49. The highest BCUT2D eigenvalue weighted by molar-refractivity contribution is 6.00. The Morgan fingerprint density at radius 3 is 2.47 bits per heavy atom. The summed E-state index contributed by atoms with van der Waals surface area (Å²) < 4.78 is 20.2. The molecule has 1 amide bonds. The summed E-state index contributed by atoms with van der Waals surface area (Å²) in [5, 5.41) is 7.10. The summed E-state index contributed by atoms with van der Waals surface area (Å²) in [6.07, 6.45) is 2.69. The minimum absolute atomic E-state index is 0.120. The van der Waals surface area contributed by atoms with Gasteiger partial charge in [0.2, 0.25) is 5.91 Å². The van der Waals surface area contributed by atoms with Gasteiger partial charge in [-0.15, -0.1) is 0 Å². The summed E-state index contributed by atoms with van der Waals surface area (Å²) in [5.41, 5.74) is 3.52. The number of fused-ring (bicyclic) bond motifs is 1. The molecule has 0 saturated carbocycles. The molecule has 8 heteroatoms. The van der Waals surface area contributed by atoms with Crippen molar-refractivity contribution in [3.63, 3.8) is 0 Å². The summed E-state index contributed by atoms with van der Waals surface area (Å²) in [6.45, 7) is 1.33. The number of hydrogen-bond acceptors (Lipinski definition) is 5. The first-order chi connectivity index (χ1) is 15.5. The van der Waals surface area contributed by atoms with E-state index in [0.29, 0.717) is 29.8 Å². The lowest BCUT2D eigenvalue weighted by molar-refractivity contribution is -0.115. The number of ketones is 1. The second kappa shape index (κ2) is 9.13. The van der Waals surface area contributed by atoms with Gasteiger partial charge in [-0.3, -0.25) is 9.59 Å². The SMILES string of the molecule is CCC(=O)Nc1ccc(C(=O)COC(=O)c2nn(-c3ccc(F)cc3)c3c2CCC3)cc1. The van der Waals surface area contributed by atoms with Crippen molar-refractivity contribution in [2.75, 3.05) is 11.9 Å². The second-order valence-electron chi connectivity index (χ2n) is 7.49. The lowest BCUT2D eigenvalue weighted by Gasteiger charge is -2.06. The zero-order chi connectivity index (χ0) is 22.7. The number of halogens is 1. The number of hydrogen-bond donors (Lipinski definition) is 1. The number of nitrogens with one attached hydrogen (secondary N) is 1. The van der Waals surface area contributed by atoms with Gasteiger partial charge in [-0.2, -0.15) is 5.10 Å². The summed E-state index contributed by atoms with van der Waals surface area (Å²) in [6, 6.07) is 12.3. The third kappa shape index (κ3) is 4.44. The van der Waals surface area contributed by atoms with E-state index in [1.807, 2.05) is 0 Å². The first-order valence-corrected chi connectivity index (χ1v) is 10.4. The summed E-state index contributed by atoms with van der Waals surface area (Å²) in [4.78, 5) is 36.6. The van der Waals surface area contributed by atoms with Gasteiger partial charge in [-0.1, -0.05) is 6.92 Å². The molecule has 0 saturated heterocycles. The van der Waals surface area contributed by atoms with Crippen molar-refractivity contribution < 1.29 is 23.5 Å². The van der Waals surface area contributed by atoms with Crippen molar-refractivity contribution in [1.82, 2.24) is 9.78 Å². The number of amides is 1. The molecule has 1 N–H and O–H groups in total. The van der Waals surface area contributed by atoms with Crippen LogP contribution in [0.2, 0.25) is 0 Å². The molecule has 1 aliphatic rings. The highest BCUT2D eigenvalue weighted by Crippen LogP contribution is 2.28. The number of Topliss-reactive ketones (excluding diaryl/α,β-unsaturated/α-hetero) is 1. The number of nitrogens with zero attached hydrogens (tertiary/aromatic N) is 2. The van der Waals surface area contributed by atoms with E-state index < -0.39 is 12.6 Å². The minimum atomic E-state index is -0.663. The Labute approximate surface area is 184 Å². The number of rotatable bonds is 7. The number of aromatic nitrogens is 2. The van der Waals surface area contributed by atoms with Crippen LogP contribution in [0.4, 0.5) is 10.1 Å². The van der Waals surface area contributed by atoms with Gasteiger partial charge in [0.15, 0.2) is 18.1 Å². The molecule has 1 aromatic heterocycles. The van der Waals surface area contributed by atoms with Gasteiger partial charge >= 0.3 is 5.97 Å². The molecule has 0 radical (unpaired) electrons. The van der Waals surface area contributed by atoms with Crippen LogP contribution in [0.25, 0.3) is 5.69 Å². The van der Waals surface area contributed by atoms with E-state index in [-0.39, 0.29) is 23.2 Å². The average molecular weight is 435 g/mol. The monoisotopic (exact) mass is 435 g/mol. The summed E-state index contributed by atoms with van der Waals surface area (Å²) in [7, 11) is 0. The van der Waals surface area contributed by atoms with Crippen LogP contribution in [0, 0.1) is 5.82 Å². The molecule has 0 unspecified atom stereocenters. The Morgan fingerprint density at radius 2 is 1.78 bits per heavy atom. The molecule has 3 aromatic rings. The van der Waals surface area contributed by atoms with Gasteiger partial charge in [0, 0.05) is 28.9 Å². The van der Waals surface area contributed by atoms with E-state index in [1.54, 1.807) is 48.0 Å². The van der Waals surface area contributed by atoms with E-state index in [9.17, 15) is 18.8 Å². The van der Waals surface area contributed by atoms with Crippen molar-refractivity contribution >= 4 is 23.3 Å².